The molecule has 1 amide bonds. The van der Waals surface area contributed by atoms with E-state index in [4.69, 9.17) is 9.72 Å². The van der Waals surface area contributed by atoms with Crippen LogP contribution in [0.2, 0.25) is 0 Å². The van der Waals surface area contributed by atoms with Crippen LogP contribution in [0.1, 0.15) is 30.3 Å². The number of piperidine rings is 1. The Bertz CT molecular complexity index is 823. The Hall–Kier alpha value is -2.76. The van der Waals surface area contributed by atoms with E-state index in [1.54, 1.807) is 7.11 Å². The second-order valence-electron chi connectivity index (χ2n) is 8.03. The number of carbonyl (C=O) groups excluding carboxylic acids is 1. The molecule has 2 fully saturated rings. The van der Waals surface area contributed by atoms with Gasteiger partial charge < -0.3 is 19.4 Å². The van der Waals surface area contributed by atoms with Gasteiger partial charge in [0.15, 0.2) is 0 Å². The third-order valence-electron chi connectivity index (χ3n) is 6.07. The van der Waals surface area contributed by atoms with Gasteiger partial charge in [0.05, 0.1) is 7.11 Å². The zero-order valence-electron chi connectivity index (χ0n) is 17.4. The van der Waals surface area contributed by atoms with Crippen molar-refractivity contribution in [3.05, 3.63) is 48.2 Å². The van der Waals surface area contributed by atoms with E-state index in [1.165, 1.54) is 5.69 Å². The second-order valence-corrected chi connectivity index (χ2v) is 8.03. The molecule has 0 aliphatic carbocycles. The summed E-state index contributed by atoms with van der Waals surface area (Å²) in [5, 5.41) is 0. The van der Waals surface area contributed by atoms with Gasteiger partial charge in [0, 0.05) is 45.0 Å². The van der Waals surface area contributed by atoms with E-state index in [1.807, 2.05) is 35.2 Å². The number of likely N-dealkylation sites (tertiary alicyclic amines) is 1. The number of hydrogen-bond donors (Lipinski definition) is 0. The first-order valence-corrected chi connectivity index (χ1v) is 10.5. The number of methoxy groups -OCH3 is 1. The summed E-state index contributed by atoms with van der Waals surface area (Å²) in [6, 6.07) is 14.0. The first-order chi connectivity index (χ1) is 14.1. The number of benzene rings is 1. The minimum Gasteiger partial charge on any atom is -0.497 e. The standard InChI is InChI=1S/C23H30N4O2/c1-18-10-12-27(13-11-18)23(28)21-4-3-5-22(24-21)26-16-14-25(15-17-26)19-6-8-20(29-2)9-7-19/h3-9,18H,10-17H2,1-2H3. The Kier molecular flexibility index (Phi) is 5.88. The van der Waals surface area contributed by atoms with Crippen LogP contribution in [0.3, 0.4) is 0 Å². The molecule has 0 bridgehead atoms. The maximum absolute atomic E-state index is 12.9. The predicted molar refractivity (Wildman–Crippen MR) is 116 cm³/mol. The fourth-order valence-corrected chi connectivity index (χ4v) is 4.08. The van der Waals surface area contributed by atoms with E-state index in [0.717, 1.165) is 63.7 Å². The Morgan fingerprint density at radius 3 is 2.24 bits per heavy atom. The molecule has 0 unspecified atom stereocenters. The maximum Gasteiger partial charge on any atom is 0.272 e. The van der Waals surface area contributed by atoms with E-state index >= 15 is 0 Å². The van der Waals surface area contributed by atoms with Crippen molar-refractivity contribution in [1.29, 1.82) is 0 Å². The van der Waals surface area contributed by atoms with Crippen molar-refractivity contribution in [2.45, 2.75) is 19.8 Å². The topological polar surface area (TPSA) is 48.9 Å². The Morgan fingerprint density at radius 2 is 1.59 bits per heavy atom. The van der Waals surface area contributed by atoms with Crippen molar-refractivity contribution in [2.75, 3.05) is 56.2 Å². The summed E-state index contributed by atoms with van der Waals surface area (Å²) < 4.78 is 5.24. The van der Waals surface area contributed by atoms with Gasteiger partial charge in [0.2, 0.25) is 0 Å². The largest absolute Gasteiger partial charge is 0.497 e. The molecule has 0 atom stereocenters. The van der Waals surface area contributed by atoms with E-state index < -0.39 is 0 Å². The third-order valence-corrected chi connectivity index (χ3v) is 6.07. The van der Waals surface area contributed by atoms with Gasteiger partial charge in [0.1, 0.15) is 17.3 Å². The van der Waals surface area contributed by atoms with Crippen LogP contribution < -0.4 is 14.5 Å². The summed E-state index contributed by atoms with van der Waals surface area (Å²) in [4.78, 5) is 24.2. The average molecular weight is 395 g/mol. The van der Waals surface area contributed by atoms with Crippen LogP contribution in [-0.2, 0) is 0 Å². The zero-order valence-corrected chi connectivity index (χ0v) is 17.4. The van der Waals surface area contributed by atoms with Gasteiger partial charge in [-0.3, -0.25) is 4.79 Å². The van der Waals surface area contributed by atoms with Crippen LogP contribution in [0.5, 0.6) is 5.75 Å². The van der Waals surface area contributed by atoms with Gasteiger partial charge in [-0.05, 0) is 55.2 Å². The normalized spacial score (nSPS) is 18.1. The summed E-state index contributed by atoms with van der Waals surface area (Å²) in [5.41, 5.74) is 1.77. The highest BCUT2D eigenvalue weighted by atomic mass is 16.5. The number of ether oxygens (including phenoxy) is 1. The summed E-state index contributed by atoms with van der Waals surface area (Å²) in [7, 11) is 1.69. The van der Waals surface area contributed by atoms with Crippen molar-refractivity contribution < 1.29 is 9.53 Å². The molecule has 1 aromatic carbocycles. The molecule has 0 spiro atoms. The lowest BCUT2D eigenvalue weighted by Gasteiger charge is -2.37. The molecule has 2 aromatic rings. The minimum atomic E-state index is 0.0654. The quantitative estimate of drug-likeness (QED) is 0.796. The van der Waals surface area contributed by atoms with Gasteiger partial charge in [-0.2, -0.15) is 0 Å². The number of carbonyl (C=O) groups is 1. The summed E-state index contributed by atoms with van der Waals surface area (Å²) in [6.07, 6.45) is 2.16. The second kappa shape index (κ2) is 8.72. The van der Waals surface area contributed by atoms with Crippen LogP contribution in [-0.4, -0.2) is 62.2 Å². The summed E-state index contributed by atoms with van der Waals surface area (Å²) in [6.45, 7) is 7.56. The van der Waals surface area contributed by atoms with Crippen molar-refractivity contribution >= 4 is 17.4 Å². The van der Waals surface area contributed by atoms with Crippen molar-refractivity contribution in [1.82, 2.24) is 9.88 Å². The highest BCUT2D eigenvalue weighted by Gasteiger charge is 2.24. The number of pyridine rings is 1. The Balaban J connectivity index is 1.38. The fraction of sp³-hybridized carbons (Fsp3) is 0.478. The molecule has 0 saturated carbocycles. The van der Waals surface area contributed by atoms with E-state index in [-0.39, 0.29) is 5.91 Å². The highest BCUT2D eigenvalue weighted by molar-refractivity contribution is 5.92. The molecular weight excluding hydrogens is 364 g/mol. The van der Waals surface area contributed by atoms with E-state index in [0.29, 0.717) is 11.6 Å². The number of hydrogen-bond acceptors (Lipinski definition) is 5. The van der Waals surface area contributed by atoms with Gasteiger partial charge in [-0.15, -0.1) is 0 Å². The molecule has 4 rings (SSSR count). The molecule has 2 aliphatic rings. The fourth-order valence-electron chi connectivity index (χ4n) is 4.08. The first kappa shape index (κ1) is 19.6. The molecule has 0 N–H and O–H groups in total. The molecule has 6 heteroatoms. The number of nitrogens with zero attached hydrogens (tertiary/aromatic N) is 4. The van der Waals surface area contributed by atoms with Crippen LogP contribution in [0.4, 0.5) is 11.5 Å². The summed E-state index contributed by atoms with van der Waals surface area (Å²) >= 11 is 0. The number of aromatic nitrogens is 1. The van der Waals surface area contributed by atoms with Gasteiger partial charge in [-0.1, -0.05) is 13.0 Å². The van der Waals surface area contributed by atoms with Gasteiger partial charge >= 0.3 is 0 Å². The number of amides is 1. The molecule has 0 radical (unpaired) electrons. The monoisotopic (exact) mass is 394 g/mol. The molecule has 29 heavy (non-hydrogen) atoms. The minimum absolute atomic E-state index is 0.0654. The van der Waals surface area contributed by atoms with Crippen LogP contribution in [0.25, 0.3) is 0 Å². The molecule has 1 aromatic heterocycles. The molecule has 154 valence electrons. The smallest absolute Gasteiger partial charge is 0.272 e. The molecule has 2 aliphatic heterocycles. The van der Waals surface area contributed by atoms with E-state index in [9.17, 15) is 4.79 Å². The molecule has 6 nitrogen and oxygen atoms in total. The number of anilines is 2. The number of rotatable bonds is 4. The Labute approximate surface area is 173 Å². The Morgan fingerprint density at radius 1 is 0.931 bits per heavy atom. The van der Waals surface area contributed by atoms with Crippen molar-refractivity contribution in [3.63, 3.8) is 0 Å². The maximum atomic E-state index is 12.9. The lowest BCUT2D eigenvalue weighted by atomic mass is 9.99. The predicted octanol–water partition coefficient (Wildman–Crippen LogP) is 3.29. The van der Waals surface area contributed by atoms with E-state index in [2.05, 4.69) is 28.9 Å². The van der Waals surface area contributed by atoms with Crippen molar-refractivity contribution in [3.8, 4) is 5.75 Å². The number of piperazine rings is 1. The zero-order chi connectivity index (χ0) is 20.2. The molecule has 3 heterocycles. The average Bonchev–Trinajstić information content (AvgIpc) is 2.79. The van der Waals surface area contributed by atoms with Gasteiger partial charge in [-0.25, -0.2) is 4.98 Å². The lowest BCUT2D eigenvalue weighted by Crippen LogP contribution is -2.47. The lowest BCUT2D eigenvalue weighted by molar-refractivity contribution is 0.0691. The summed E-state index contributed by atoms with van der Waals surface area (Å²) in [5.74, 6) is 2.55. The first-order valence-electron chi connectivity index (χ1n) is 10.5. The van der Waals surface area contributed by atoms with Crippen LogP contribution >= 0.6 is 0 Å². The van der Waals surface area contributed by atoms with Crippen LogP contribution in [0.15, 0.2) is 42.5 Å². The molecule has 2 saturated heterocycles. The SMILES string of the molecule is COc1ccc(N2CCN(c3cccc(C(=O)N4CCC(C)CC4)n3)CC2)cc1. The highest BCUT2D eigenvalue weighted by Crippen LogP contribution is 2.23. The van der Waals surface area contributed by atoms with Crippen molar-refractivity contribution in [2.24, 2.45) is 5.92 Å². The molecular formula is C23H30N4O2. The van der Waals surface area contributed by atoms with Gasteiger partial charge in [0.25, 0.3) is 5.91 Å². The third kappa shape index (κ3) is 4.47. The van der Waals surface area contributed by atoms with Crippen LogP contribution in [0, 0.1) is 5.92 Å².